The van der Waals surface area contributed by atoms with Crippen molar-refractivity contribution in [2.24, 2.45) is 0 Å². The van der Waals surface area contributed by atoms with Gasteiger partial charge in [0.05, 0.1) is 0 Å². The molecule has 2 N–H and O–H groups in total. The quantitative estimate of drug-likeness (QED) is 0.566. The van der Waals surface area contributed by atoms with Crippen molar-refractivity contribution in [1.82, 2.24) is 10.9 Å². The van der Waals surface area contributed by atoms with Crippen molar-refractivity contribution in [1.29, 1.82) is 0 Å². The molecular formula is C21H23FN2O4. The number of para-hydroxylation sites is 1. The summed E-state index contributed by atoms with van der Waals surface area (Å²) in [6.07, 6.45) is -1.07. The summed E-state index contributed by atoms with van der Waals surface area (Å²) in [5, 5.41) is 0. The van der Waals surface area contributed by atoms with Crippen molar-refractivity contribution in [2.75, 3.05) is 0 Å². The number of ether oxygens (including phenoxy) is 1. The van der Waals surface area contributed by atoms with Gasteiger partial charge in [-0.05, 0) is 50.1 Å². The molecule has 0 fully saturated rings. The third-order valence-electron chi connectivity index (χ3n) is 4.24. The van der Waals surface area contributed by atoms with Gasteiger partial charge in [0.2, 0.25) is 5.91 Å². The summed E-state index contributed by atoms with van der Waals surface area (Å²) in [5.41, 5.74) is 7.07. The van der Waals surface area contributed by atoms with Gasteiger partial charge < -0.3 is 4.74 Å². The van der Waals surface area contributed by atoms with Crippen molar-refractivity contribution >= 4 is 17.6 Å². The molecule has 1 atom stereocenters. The molecule has 0 saturated heterocycles. The highest BCUT2D eigenvalue weighted by Gasteiger charge is 2.17. The largest absolute Gasteiger partial charge is 0.478 e. The Hall–Kier alpha value is -3.22. The van der Waals surface area contributed by atoms with E-state index >= 15 is 0 Å². The zero-order valence-electron chi connectivity index (χ0n) is 16.0. The van der Waals surface area contributed by atoms with E-state index in [4.69, 9.17) is 4.74 Å². The fourth-order valence-corrected chi connectivity index (χ4v) is 2.37. The fourth-order valence-electron chi connectivity index (χ4n) is 2.37. The van der Waals surface area contributed by atoms with E-state index < -0.39 is 23.7 Å². The zero-order chi connectivity index (χ0) is 20.7. The first-order valence-corrected chi connectivity index (χ1v) is 8.88. The summed E-state index contributed by atoms with van der Waals surface area (Å²) in [5.74, 6) is -1.95. The molecule has 2 aromatic carbocycles. The zero-order valence-corrected chi connectivity index (χ0v) is 16.0. The van der Waals surface area contributed by atoms with Crippen LogP contribution in [-0.2, 0) is 9.59 Å². The van der Waals surface area contributed by atoms with E-state index in [1.807, 2.05) is 19.9 Å². The molecule has 2 rings (SSSR count). The van der Waals surface area contributed by atoms with Crippen LogP contribution in [0.25, 0.3) is 0 Å². The Kier molecular flexibility index (Phi) is 7.26. The number of aryl methyl sites for hydroxylation is 2. The number of nitrogens with one attached hydrogen (secondary N) is 2. The predicted octanol–water partition coefficient (Wildman–Crippen LogP) is 3.02. The SMILES string of the molecule is Cc1ccc(C(=O)CCC(=O)NNC(=O)[C@@H](C)Oc2ccccc2F)cc1C. The molecule has 0 radical (unpaired) electrons. The molecule has 6 nitrogen and oxygen atoms in total. The molecule has 0 bridgehead atoms. The topological polar surface area (TPSA) is 84.5 Å². The van der Waals surface area contributed by atoms with E-state index in [1.54, 1.807) is 18.2 Å². The Balaban J connectivity index is 1.76. The van der Waals surface area contributed by atoms with Crippen LogP contribution >= 0.6 is 0 Å². The third kappa shape index (κ3) is 5.90. The average molecular weight is 386 g/mol. The number of carbonyl (C=O) groups excluding carboxylic acids is 3. The number of carbonyl (C=O) groups is 3. The number of hydrogen-bond acceptors (Lipinski definition) is 4. The van der Waals surface area contributed by atoms with E-state index in [1.165, 1.54) is 25.1 Å². The van der Waals surface area contributed by atoms with Crippen molar-refractivity contribution in [2.45, 2.75) is 39.7 Å². The minimum Gasteiger partial charge on any atom is -0.478 e. The second-order valence-electron chi connectivity index (χ2n) is 6.45. The molecule has 0 aromatic heterocycles. The summed E-state index contributed by atoms with van der Waals surface area (Å²) in [6.45, 7) is 5.30. The monoisotopic (exact) mass is 386 g/mol. The summed E-state index contributed by atoms with van der Waals surface area (Å²) in [6, 6.07) is 11.1. The van der Waals surface area contributed by atoms with Gasteiger partial charge in [-0.2, -0.15) is 0 Å². The average Bonchev–Trinajstić information content (AvgIpc) is 2.67. The lowest BCUT2D eigenvalue weighted by Crippen LogP contribution is -2.47. The van der Waals surface area contributed by atoms with Gasteiger partial charge in [0.1, 0.15) is 0 Å². The summed E-state index contributed by atoms with van der Waals surface area (Å²) < 4.78 is 18.8. The number of rotatable bonds is 7. The molecule has 2 amide bonds. The number of benzene rings is 2. The molecule has 0 aliphatic rings. The van der Waals surface area contributed by atoms with E-state index in [2.05, 4.69) is 10.9 Å². The van der Waals surface area contributed by atoms with Crippen LogP contribution in [0, 0.1) is 19.7 Å². The molecule has 0 saturated carbocycles. The van der Waals surface area contributed by atoms with Gasteiger partial charge in [-0.1, -0.05) is 24.3 Å². The Bertz CT molecular complexity index is 882. The molecule has 0 heterocycles. The lowest BCUT2D eigenvalue weighted by molar-refractivity contribution is -0.132. The van der Waals surface area contributed by atoms with E-state index in [0.717, 1.165) is 11.1 Å². The van der Waals surface area contributed by atoms with Gasteiger partial charge in [0.25, 0.3) is 5.91 Å². The van der Waals surface area contributed by atoms with Gasteiger partial charge in [-0.15, -0.1) is 0 Å². The van der Waals surface area contributed by atoms with Gasteiger partial charge in [0.15, 0.2) is 23.5 Å². The van der Waals surface area contributed by atoms with Crippen molar-refractivity contribution < 1.29 is 23.5 Å². The highest BCUT2D eigenvalue weighted by Crippen LogP contribution is 2.17. The highest BCUT2D eigenvalue weighted by atomic mass is 19.1. The van der Waals surface area contributed by atoms with Crippen LogP contribution in [0.1, 0.15) is 41.3 Å². The smallest absolute Gasteiger partial charge is 0.279 e. The van der Waals surface area contributed by atoms with Gasteiger partial charge in [0, 0.05) is 18.4 Å². The van der Waals surface area contributed by atoms with Gasteiger partial charge in [-0.25, -0.2) is 4.39 Å². The van der Waals surface area contributed by atoms with Crippen LogP contribution in [0.4, 0.5) is 4.39 Å². The molecule has 28 heavy (non-hydrogen) atoms. The van der Waals surface area contributed by atoms with Gasteiger partial charge >= 0.3 is 0 Å². The van der Waals surface area contributed by atoms with Crippen LogP contribution in [-0.4, -0.2) is 23.7 Å². The summed E-state index contributed by atoms with van der Waals surface area (Å²) in [7, 11) is 0. The normalized spacial score (nSPS) is 11.4. The minimum atomic E-state index is -1.02. The molecular weight excluding hydrogens is 363 g/mol. The van der Waals surface area contributed by atoms with Crippen LogP contribution in [0.2, 0.25) is 0 Å². The van der Waals surface area contributed by atoms with Crippen LogP contribution in [0.5, 0.6) is 5.75 Å². The first-order chi connectivity index (χ1) is 13.3. The summed E-state index contributed by atoms with van der Waals surface area (Å²) in [4.78, 5) is 36.0. The van der Waals surface area contributed by atoms with Crippen molar-refractivity contribution in [3.8, 4) is 5.75 Å². The molecule has 148 valence electrons. The first-order valence-electron chi connectivity index (χ1n) is 8.88. The third-order valence-corrected chi connectivity index (χ3v) is 4.24. The maximum atomic E-state index is 13.5. The van der Waals surface area contributed by atoms with Crippen LogP contribution in [0.3, 0.4) is 0 Å². The molecule has 7 heteroatoms. The molecule has 0 aliphatic heterocycles. The van der Waals surface area contributed by atoms with Crippen molar-refractivity contribution in [3.63, 3.8) is 0 Å². The Labute approximate surface area is 163 Å². The lowest BCUT2D eigenvalue weighted by Gasteiger charge is -2.15. The minimum absolute atomic E-state index is 0.0193. The number of ketones is 1. The molecule has 2 aromatic rings. The first kappa shape index (κ1) is 21.1. The summed E-state index contributed by atoms with van der Waals surface area (Å²) >= 11 is 0. The second-order valence-corrected chi connectivity index (χ2v) is 6.45. The maximum Gasteiger partial charge on any atom is 0.279 e. The molecule has 0 aliphatic carbocycles. The molecule has 0 spiro atoms. The lowest BCUT2D eigenvalue weighted by atomic mass is 10.0. The molecule has 0 unspecified atom stereocenters. The van der Waals surface area contributed by atoms with E-state index in [0.29, 0.717) is 5.56 Å². The van der Waals surface area contributed by atoms with E-state index in [9.17, 15) is 18.8 Å². The standard InChI is InChI=1S/C21H23FN2O4/c1-13-8-9-16(12-14(13)2)18(25)10-11-20(26)23-24-21(27)15(3)28-19-7-5-4-6-17(19)22/h4-9,12,15H,10-11H2,1-3H3,(H,23,26)(H,24,27)/t15-/m1/s1. The number of hydrogen-bond donors (Lipinski definition) is 2. The Morgan fingerprint density at radius 1 is 1.00 bits per heavy atom. The number of Topliss-reactive ketones (excluding diaryl/α,β-unsaturated/α-hetero) is 1. The maximum absolute atomic E-state index is 13.5. The van der Waals surface area contributed by atoms with Crippen molar-refractivity contribution in [3.05, 3.63) is 65.0 Å². The second kappa shape index (κ2) is 9.64. The Morgan fingerprint density at radius 2 is 1.71 bits per heavy atom. The van der Waals surface area contributed by atoms with Gasteiger partial charge in [-0.3, -0.25) is 25.2 Å². The Morgan fingerprint density at radius 3 is 2.39 bits per heavy atom. The predicted molar refractivity (Wildman–Crippen MR) is 102 cm³/mol. The van der Waals surface area contributed by atoms with Crippen LogP contribution < -0.4 is 15.6 Å². The number of halogens is 1. The van der Waals surface area contributed by atoms with Crippen LogP contribution in [0.15, 0.2) is 42.5 Å². The fraction of sp³-hybridized carbons (Fsp3) is 0.286. The number of hydrazine groups is 1. The highest BCUT2D eigenvalue weighted by molar-refractivity contribution is 5.98. The number of amides is 2. The van der Waals surface area contributed by atoms with E-state index in [-0.39, 0.29) is 24.4 Å².